The van der Waals surface area contributed by atoms with E-state index in [1.807, 2.05) is 42.5 Å². The number of thioether (sulfide) groups is 1. The van der Waals surface area contributed by atoms with Crippen LogP contribution in [0.3, 0.4) is 0 Å². The van der Waals surface area contributed by atoms with E-state index >= 15 is 0 Å². The third kappa shape index (κ3) is 3.93. The van der Waals surface area contributed by atoms with E-state index < -0.39 is 0 Å². The number of carbonyl (C=O) groups excluding carboxylic acids is 1. The second-order valence-corrected chi connectivity index (χ2v) is 6.77. The molecule has 5 heteroatoms. The van der Waals surface area contributed by atoms with Crippen molar-refractivity contribution in [1.29, 1.82) is 5.26 Å². The van der Waals surface area contributed by atoms with Crippen molar-refractivity contribution in [3.63, 3.8) is 0 Å². The van der Waals surface area contributed by atoms with Gasteiger partial charge in [-0.05, 0) is 23.6 Å². The quantitative estimate of drug-likeness (QED) is 0.547. The molecule has 0 unspecified atom stereocenters. The second kappa shape index (κ2) is 7.85. The molecule has 2 aromatic carbocycles. The summed E-state index contributed by atoms with van der Waals surface area (Å²) in [5, 5.41) is 9.68. The minimum Gasteiger partial charge on any atom is -0.316 e. The van der Waals surface area contributed by atoms with Crippen molar-refractivity contribution in [3.8, 4) is 17.2 Å². The van der Waals surface area contributed by atoms with E-state index in [-0.39, 0.29) is 17.1 Å². The molecule has 0 atom stereocenters. The standard InChI is InChI=1S/C21H16N2O2S/c1-14-11-20(25)23-21(18(14)12-22)26-13-19(24)17-9-7-16(8-10-17)15-5-3-2-4-6-15/h2-11H,13H2,1H3,(H,23,25). The summed E-state index contributed by atoms with van der Waals surface area (Å²) in [5.41, 5.74) is 3.48. The number of nitrogens with one attached hydrogen (secondary N) is 1. The number of pyridine rings is 1. The molecule has 0 aliphatic carbocycles. The number of aromatic nitrogens is 1. The molecule has 3 rings (SSSR count). The maximum Gasteiger partial charge on any atom is 0.249 e. The molecular formula is C21H16N2O2S. The molecule has 1 heterocycles. The fourth-order valence-corrected chi connectivity index (χ4v) is 3.57. The summed E-state index contributed by atoms with van der Waals surface area (Å²) in [7, 11) is 0. The van der Waals surface area contributed by atoms with Crippen LogP contribution >= 0.6 is 11.8 Å². The van der Waals surface area contributed by atoms with E-state index in [9.17, 15) is 14.9 Å². The van der Waals surface area contributed by atoms with Crippen LogP contribution in [0.5, 0.6) is 0 Å². The molecule has 1 N–H and O–H groups in total. The highest BCUT2D eigenvalue weighted by molar-refractivity contribution is 8.00. The zero-order valence-electron chi connectivity index (χ0n) is 14.2. The Morgan fingerprint density at radius 3 is 2.38 bits per heavy atom. The van der Waals surface area contributed by atoms with E-state index in [2.05, 4.69) is 11.1 Å². The monoisotopic (exact) mass is 360 g/mol. The molecule has 0 aliphatic rings. The van der Waals surface area contributed by atoms with Gasteiger partial charge in [-0.2, -0.15) is 5.26 Å². The summed E-state index contributed by atoms with van der Waals surface area (Å²) in [6.07, 6.45) is 0. The number of nitriles is 1. The first-order valence-electron chi connectivity index (χ1n) is 8.04. The molecule has 0 bridgehead atoms. The minimum atomic E-state index is -0.274. The normalized spacial score (nSPS) is 10.3. The van der Waals surface area contributed by atoms with Crippen LogP contribution in [-0.4, -0.2) is 16.5 Å². The van der Waals surface area contributed by atoms with Crippen molar-refractivity contribution in [1.82, 2.24) is 4.98 Å². The molecule has 26 heavy (non-hydrogen) atoms. The molecule has 4 nitrogen and oxygen atoms in total. The van der Waals surface area contributed by atoms with E-state index in [1.165, 1.54) is 17.8 Å². The number of carbonyl (C=O) groups is 1. The average molecular weight is 360 g/mol. The van der Waals surface area contributed by atoms with Gasteiger partial charge in [-0.25, -0.2) is 0 Å². The van der Waals surface area contributed by atoms with Gasteiger partial charge in [-0.1, -0.05) is 66.4 Å². The summed E-state index contributed by atoms with van der Waals surface area (Å²) < 4.78 is 0. The highest BCUT2D eigenvalue weighted by Crippen LogP contribution is 2.23. The lowest BCUT2D eigenvalue weighted by Crippen LogP contribution is -2.10. The Labute approximate surface area is 155 Å². The smallest absolute Gasteiger partial charge is 0.249 e. The minimum absolute atomic E-state index is 0.0548. The largest absolute Gasteiger partial charge is 0.316 e. The summed E-state index contributed by atoms with van der Waals surface area (Å²) in [6.45, 7) is 1.71. The molecule has 0 aliphatic heterocycles. The first-order chi connectivity index (χ1) is 12.6. The lowest BCUT2D eigenvalue weighted by Gasteiger charge is -2.06. The lowest BCUT2D eigenvalue weighted by molar-refractivity contribution is 0.102. The highest BCUT2D eigenvalue weighted by atomic mass is 32.2. The van der Waals surface area contributed by atoms with Gasteiger partial charge in [0.25, 0.3) is 0 Å². The lowest BCUT2D eigenvalue weighted by atomic mass is 10.0. The van der Waals surface area contributed by atoms with Gasteiger partial charge < -0.3 is 4.98 Å². The first kappa shape index (κ1) is 17.7. The molecule has 0 fully saturated rings. The molecule has 0 spiro atoms. The Balaban J connectivity index is 1.74. The van der Waals surface area contributed by atoms with Crippen LogP contribution < -0.4 is 5.56 Å². The third-order valence-electron chi connectivity index (χ3n) is 3.98. The molecule has 3 aromatic rings. The number of nitrogens with zero attached hydrogens (tertiary/aromatic N) is 1. The summed E-state index contributed by atoms with van der Waals surface area (Å²) in [6, 6.07) is 20.8. The van der Waals surface area contributed by atoms with Crippen molar-refractivity contribution in [2.45, 2.75) is 11.9 Å². The Hall–Kier alpha value is -3.10. The molecule has 128 valence electrons. The third-order valence-corrected chi connectivity index (χ3v) is 4.98. The molecule has 0 saturated carbocycles. The van der Waals surface area contributed by atoms with Gasteiger partial charge in [0, 0.05) is 11.6 Å². The zero-order valence-corrected chi connectivity index (χ0v) is 15.0. The number of aryl methyl sites for hydroxylation is 1. The maximum atomic E-state index is 12.4. The summed E-state index contributed by atoms with van der Waals surface area (Å²) in [4.78, 5) is 26.7. The van der Waals surface area contributed by atoms with E-state index in [0.29, 0.717) is 21.7 Å². The Kier molecular flexibility index (Phi) is 5.35. The van der Waals surface area contributed by atoms with Crippen LogP contribution in [0.25, 0.3) is 11.1 Å². The predicted octanol–water partition coefficient (Wildman–Crippen LogP) is 4.20. The van der Waals surface area contributed by atoms with Gasteiger partial charge in [0.2, 0.25) is 5.56 Å². The average Bonchev–Trinajstić information content (AvgIpc) is 2.66. The van der Waals surface area contributed by atoms with Crippen molar-refractivity contribution in [2.24, 2.45) is 0 Å². The van der Waals surface area contributed by atoms with Crippen LogP contribution in [0.4, 0.5) is 0 Å². The van der Waals surface area contributed by atoms with Crippen molar-refractivity contribution in [2.75, 3.05) is 5.75 Å². The van der Waals surface area contributed by atoms with Gasteiger partial charge in [-0.15, -0.1) is 0 Å². The molecule has 0 amide bonds. The predicted molar refractivity (Wildman–Crippen MR) is 103 cm³/mol. The van der Waals surface area contributed by atoms with E-state index in [1.54, 1.807) is 19.1 Å². The van der Waals surface area contributed by atoms with Crippen LogP contribution in [0.1, 0.15) is 21.5 Å². The van der Waals surface area contributed by atoms with Gasteiger partial charge in [0.1, 0.15) is 6.07 Å². The number of ketones is 1. The fraction of sp³-hybridized carbons (Fsp3) is 0.0952. The van der Waals surface area contributed by atoms with Crippen LogP contribution in [0.15, 0.2) is 70.5 Å². The van der Waals surface area contributed by atoms with Crippen molar-refractivity contribution >= 4 is 17.5 Å². The van der Waals surface area contributed by atoms with Crippen LogP contribution in [0, 0.1) is 18.3 Å². The highest BCUT2D eigenvalue weighted by Gasteiger charge is 2.12. The summed E-state index contributed by atoms with van der Waals surface area (Å²) >= 11 is 1.18. The van der Waals surface area contributed by atoms with Gasteiger partial charge in [0.05, 0.1) is 16.3 Å². The SMILES string of the molecule is Cc1cc(=O)[nH]c(SCC(=O)c2ccc(-c3ccccc3)cc2)c1C#N. The number of aromatic amines is 1. The van der Waals surface area contributed by atoms with Gasteiger partial charge in [-0.3, -0.25) is 9.59 Å². The Morgan fingerprint density at radius 1 is 1.08 bits per heavy atom. The van der Waals surface area contributed by atoms with Crippen molar-refractivity contribution in [3.05, 3.63) is 87.7 Å². The topological polar surface area (TPSA) is 73.7 Å². The molecular weight excluding hydrogens is 344 g/mol. The van der Waals surface area contributed by atoms with E-state index in [0.717, 1.165) is 11.1 Å². The van der Waals surface area contributed by atoms with Gasteiger partial charge in [0.15, 0.2) is 5.78 Å². The van der Waals surface area contributed by atoms with Crippen molar-refractivity contribution < 1.29 is 4.79 Å². The first-order valence-corrected chi connectivity index (χ1v) is 9.02. The van der Waals surface area contributed by atoms with E-state index in [4.69, 9.17) is 0 Å². The molecule has 0 saturated heterocycles. The Morgan fingerprint density at radius 2 is 1.73 bits per heavy atom. The van der Waals surface area contributed by atoms with Gasteiger partial charge >= 0.3 is 0 Å². The summed E-state index contributed by atoms with van der Waals surface area (Å²) in [5.74, 6) is 0.0968. The number of benzene rings is 2. The maximum absolute atomic E-state index is 12.4. The number of hydrogen-bond donors (Lipinski definition) is 1. The number of rotatable bonds is 5. The fourth-order valence-electron chi connectivity index (χ4n) is 2.61. The number of hydrogen-bond acceptors (Lipinski definition) is 4. The molecule has 1 aromatic heterocycles. The van der Waals surface area contributed by atoms with Crippen LogP contribution in [-0.2, 0) is 0 Å². The number of H-pyrrole nitrogens is 1. The zero-order chi connectivity index (χ0) is 18.5. The van der Waals surface area contributed by atoms with Crippen LogP contribution in [0.2, 0.25) is 0 Å². The Bertz CT molecular complexity index is 1030. The second-order valence-electron chi connectivity index (χ2n) is 5.79. The number of Topliss-reactive ketones (excluding diaryl/α,β-unsaturated/α-hetero) is 1. The molecule has 0 radical (unpaired) electrons.